The highest BCUT2D eigenvalue weighted by Gasteiger charge is 2.22. The minimum Gasteiger partial charge on any atom is -0.494 e. The molecule has 0 amide bonds. The Bertz CT molecular complexity index is 1790. The van der Waals surface area contributed by atoms with E-state index in [9.17, 15) is 17.2 Å². The molecule has 0 bridgehead atoms. The van der Waals surface area contributed by atoms with Crippen molar-refractivity contribution in [2.75, 3.05) is 30.0 Å². The maximum atomic E-state index is 15.5. The van der Waals surface area contributed by atoms with E-state index < -0.39 is 45.3 Å². The number of rotatable bonds is 8. The van der Waals surface area contributed by atoms with Crippen LogP contribution in [0.1, 0.15) is 6.42 Å². The summed E-state index contributed by atoms with van der Waals surface area (Å²) in [5.74, 6) is -2.15. The summed E-state index contributed by atoms with van der Waals surface area (Å²) in [6, 6.07) is 10.1. The van der Waals surface area contributed by atoms with Crippen LogP contribution in [0.15, 0.2) is 48.7 Å². The van der Waals surface area contributed by atoms with Gasteiger partial charge in [0.1, 0.15) is 22.9 Å². The number of aromatic nitrogens is 4. The minimum absolute atomic E-state index is 0.0224. The number of hydrogen-bond acceptors (Lipinski definition) is 7. The third-order valence-electron chi connectivity index (χ3n) is 5.93. The number of halogens is 3. The summed E-state index contributed by atoms with van der Waals surface area (Å²) in [5.41, 5.74) is 7.06. The summed E-state index contributed by atoms with van der Waals surface area (Å²) in [5, 5.41) is 7.97. The van der Waals surface area contributed by atoms with Gasteiger partial charge in [-0.3, -0.25) is 14.2 Å². The molecule has 2 heterocycles. The zero-order valence-corrected chi connectivity index (χ0v) is 20.7. The van der Waals surface area contributed by atoms with Crippen LogP contribution in [0, 0.1) is 11.6 Å². The Morgan fingerprint density at radius 3 is 2.68 bits per heavy atom. The van der Waals surface area contributed by atoms with Crippen molar-refractivity contribution >= 4 is 43.3 Å². The van der Waals surface area contributed by atoms with Gasteiger partial charge in [0, 0.05) is 16.3 Å². The molecule has 13 heteroatoms. The van der Waals surface area contributed by atoms with Gasteiger partial charge in [0.25, 0.3) is 0 Å². The van der Waals surface area contributed by atoms with Crippen LogP contribution in [0.5, 0.6) is 5.75 Å². The van der Waals surface area contributed by atoms with Crippen LogP contribution in [-0.4, -0.2) is 48.1 Å². The van der Waals surface area contributed by atoms with Crippen molar-refractivity contribution in [3.05, 3.63) is 60.3 Å². The van der Waals surface area contributed by atoms with Crippen LogP contribution in [0.2, 0.25) is 0 Å². The van der Waals surface area contributed by atoms with Gasteiger partial charge in [-0.05, 0) is 42.3 Å². The van der Waals surface area contributed by atoms with E-state index in [4.69, 9.17) is 10.5 Å². The summed E-state index contributed by atoms with van der Waals surface area (Å²) in [4.78, 5) is 9.02. The molecule has 0 saturated carbocycles. The van der Waals surface area contributed by atoms with E-state index >= 15 is 4.39 Å². The second-order valence-corrected chi connectivity index (χ2v) is 10.2. The Hall–Kier alpha value is -4.39. The highest BCUT2D eigenvalue weighted by molar-refractivity contribution is 7.92. The van der Waals surface area contributed by atoms with E-state index in [1.807, 2.05) is 22.9 Å². The van der Waals surface area contributed by atoms with Crippen LogP contribution in [0.25, 0.3) is 44.3 Å². The number of aromatic amines is 1. The van der Waals surface area contributed by atoms with Crippen molar-refractivity contribution in [2.24, 2.45) is 0 Å². The monoisotopic (exact) mass is 542 g/mol. The quantitative estimate of drug-likeness (QED) is 0.256. The van der Waals surface area contributed by atoms with Crippen molar-refractivity contribution in [2.45, 2.75) is 6.42 Å². The Morgan fingerprint density at radius 1 is 1.11 bits per heavy atom. The van der Waals surface area contributed by atoms with Crippen molar-refractivity contribution in [3.63, 3.8) is 0 Å². The molecule has 9 nitrogen and oxygen atoms in total. The van der Waals surface area contributed by atoms with E-state index in [1.54, 1.807) is 6.20 Å². The van der Waals surface area contributed by atoms with Crippen LogP contribution in [0.4, 0.5) is 24.7 Å². The van der Waals surface area contributed by atoms with Crippen molar-refractivity contribution in [1.29, 1.82) is 0 Å². The molecule has 0 aliphatic heterocycles. The van der Waals surface area contributed by atoms with E-state index in [1.165, 1.54) is 19.2 Å². The first kappa shape index (κ1) is 25.3. The Balaban J connectivity index is 1.65. The highest BCUT2D eigenvalue weighted by Crippen LogP contribution is 2.39. The van der Waals surface area contributed by atoms with E-state index in [-0.39, 0.29) is 28.9 Å². The molecule has 0 unspecified atom stereocenters. The molecule has 4 N–H and O–H groups in total. The molecule has 196 valence electrons. The lowest BCUT2D eigenvalue weighted by Crippen LogP contribution is -2.18. The lowest BCUT2D eigenvalue weighted by Gasteiger charge is -2.15. The molecule has 0 aliphatic rings. The van der Waals surface area contributed by atoms with Crippen LogP contribution in [-0.2, 0) is 10.0 Å². The van der Waals surface area contributed by atoms with Crippen LogP contribution < -0.4 is 15.2 Å². The maximum absolute atomic E-state index is 15.5. The number of nitrogen functional groups attached to an aromatic ring is 1. The number of fused-ring (bicyclic) bond motifs is 2. The molecule has 0 radical (unpaired) electrons. The fourth-order valence-electron chi connectivity index (χ4n) is 4.17. The minimum atomic E-state index is -4.05. The number of methoxy groups -OCH3 is 1. The molecular weight excluding hydrogens is 521 g/mol. The highest BCUT2D eigenvalue weighted by atomic mass is 32.2. The van der Waals surface area contributed by atoms with Gasteiger partial charge in [-0.15, -0.1) is 0 Å². The average molecular weight is 543 g/mol. The zero-order valence-electron chi connectivity index (χ0n) is 19.9. The predicted octanol–water partition coefficient (Wildman–Crippen LogP) is 4.81. The van der Waals surface area contributed by atoms with Crippen molar-refractivity contribution < 1.29 is 26.3 Å². The zero-order chi connectivity index (χ0) is 27.0. The molecule has 0 atom stereocenters. The lowest BCUT2D eigenvalue weighted by molar-refractivity contribution is 0.419. The molecule has 5 aromatic rings. The second-order valence-electron chi connectivity index (χ2n) is 8.39. The fraction of sp³-hybridized carbons (Fsp3) is 0.160. The smallest absolute Gasteiger partial charge is 0.232 e. The van der Waals surface area contributed by atoms with Gasteiger partial charge in [-0.1, -0.05) is 12.1 Å². The van der Waals surface area contributed by atoms with Crippen molar-refractivity contribution in [1.82, 2.24) is 20.2 Å². The summed E-state index contributed by atoms with van der Waals surface area (Å²) in [7, 11) is -2.68. The molecule has 38 heavy (non-hydrogen) atoms. The summed E-state index contributed by atoms with van der Waals surface area (Å²) < 4.78 is 74.7. The number of anilines is 2. The van der Waals surface area contributed by atoms with Crippen molar-refractivity contribution in [3.8, 4) is 28.3 Å². The first-order chi connectivity index (χ1) is 18.2. The molecule has 2 aromatic heterocycles. The average Bonchev–Trinajstić information content (AvgIpc) is 3.38. The number of nitrogens with zero attached hydrogens (tertiary/aromatic N) is 3. The molecule has 3 aromatic carbocycles. The van der Waals surface area contributed by atoms with Gasteiger partial charge in [0.15, 0.2) is 11.6 Å². The van der Waals surface area contributed by atoms with Gasteiger partial charge in [-0.2, -0.15) is 5.10 Å². The summed E-state index contributed by atoms with van der Waals surface area (Å²) in [6.07, 6.45) is 1.38. The molecule has 0 spiro atoms. The molecule has 0 fully saturated rings. The molecule has 0 aliphatic carbocycles. The maximum Gasteiger partial charge on any atom is 0.232 e. The molecule has 5 rings (SSSR count). The van der Waals surface area contributed by atoms with Gasteiger partial charge < -0.3 is 10.5 Å². The number of nitrogens with two attached hydrogens (primary N) is 1. The first-order valence-corrected chi connectivity index (χ1v) is 13.0. The summed E-state index contributed by atoms with van der Waals surface area (Å²) >= 11 is 0. The third kappa shape index (κ3) is 4.56. The van der Waals surface area contributed by atoms with Gasteiger partial charge in [0.2, 0.25) is 10.0 Å². The van der Waals surface area contributed by atoms with Crippen LogP contribution >= 0.6 is 0 Å². The molecular formula is C25H21F3N6O3S. The SMILES string of the molecule is COc1cc(-c2c(F)ccc(NS(=O)(=O)CCCF)c2F)cc2c(N)nc(-c3cccc4[nH]ncc34)nc12. The predicted molar refractivity (Wildman–Crippen MR) is 139 cm³/mol. The number of nitrogens with one attached hydrogen (secondary N) is 2. The standard InChI is InChI=1S/C25H21F3N6O3S/c1-37-20-11-13(21-17(27)6-7-19(22(21)28)34-38(35,36)9-3-8-26)10-15-23(20)31-25(32-24(15)29)14-4-2-5-18-16(14)12-30-33-18/h2,4-7,10-12,34H,3,8-9H2,1H3,(H,30,33)(H2,29,31,32). The number of alkyl halides is 1. The number of sulfonamides is 1. The number of benzene rings is 3. The van der Waals surface area contributed by atoms with E-state index in [0.29, 0.717) is 16.9 Å². The van der Waals surface area contributed by atoms with Gasteiger partial charge in [0.05, 0.1) is 42.5 Å². The Labute approximate surface area is 214 Å². The normalized spacial score (nSPS) is 11.8. The second kappa shape index (κ2) is 9.82. The van der Waals surface area contributed by atoms with Gasteiger partial charge >= 0.3 is 0 Å². The Kier molecular flexibility index (Phi) is 6.53. The third-order valence-corrected chi connectivity index (χ3v) is 7.29. The first-order valence-electron chi connectivity index (χ1n) is 11.3. The largest absolute Gasteiger partial charge is 0.494 e. The van der Waals surface area contributed by atoms with Crippen LogP contribution in [0.3, 0.4) is 0 Å². The summed E-state index contributed by atoms with van der Waals surface area (Å²) in [6.45, 7) is -0.850. The van der Waals surface area contributed by atoms with E-state index in [0.717, 1.165) is 23.0 Å². The molecule has 0 saturated heterocycles. The number of hydrogen-bond donors (Lipinski definition) is 3. The number of ether oxygens (including phenoxy) is 1. The topological polar surface area (TPSA) is 136 Å². The fourth-order valence-corrected chi connectivity index (χ4v) is 5.25. The van der Waals surface area contributed by atoms with E-state index in [2.05, 4.69) is 20.2 Å². The van der Waals surface area contributed by atoms with Gasteiger partial charge in [-0.25, -0.2) is 27.2 Å². The Morgan fingerprint density at radius 2 is 1.92 bits per heavy atom. The number of H-pyrrole nitrogens is 1. The lowest BCUT2D eigenvalue weighted by atomic mass is 10.0.